The van der Waals surface area contributed by atoms with Crippen molar-refractivity contribution in [3.05, 3.63) is 30.1 Å². The zero-order chi connectivity index (χ0) is 13.2. The molecule has 0 aliphatic heterocycles. The molecule has 1 N–H and O–H groups in total. The second-order valence-corrected chi connectivity index (χ2v) is 3.43. The molecule has 1 rings (SSSR count). The number of amides is 1. The average molecular weight is 246 g/mol. The molecule has 0 saturated carbocycles. The Balaban J connectivity index is 2.22. The third-order valence-corrected chi connectivity index (χ3v) is 2.14. The minimum Gasteiger partial charge on any atom is -0.459 e. The monoisotopic (exact) mass is 246 g/mol. The first-order valence-corrected chi connectivity index (χ1v) is 5.45. The standard InChI is InChI=1S/C13H14N2O3/c1-18-13(17)3-2-8-15-12(16)5-4-11-6-9-14-10-7-11/h6-7,9-10H,4-5,8H2,1H3,(H,15,16). The molecule has 0 fully saturated rings. The first-order chi connectivity index (χ1) is 8.72. The number of methoxy groups -OCH3 is 1. The Morgan fingerprint density at radius 1 is 1.39 bits per heavy atom. The van der Waals surface area contributed by atoms with E-state index in [9.17, 15) is 9.59 Å². The van der Waals surface area contributed by atoms with Crippen LogP contribution in [-0.2, 0) is 20.7 Å². The van der Waals surface area contributed by atoms with E-state index in [1.807, 2.05) is 12.1 Å². The van der Waals surface area contributed by atoms with Gasteiger partial charge in [-0.3, -0.25) is 9.78 Å². The van der Waals surface area contributed by atoms with Gasteiger partial charge in [-0.05, 0) is 24.1 Å². The lowest BCUT2D eigenvalue weighted by Crippen LogP contribution is -2.23. The van der Waals surface area contributed by atoms with Crippen molar-refractivity contribution in [1.82, 2.24) is 10.3 Å². The van der Waals surface area contributed by atoms with Crippen LogP contribution in [0.15, 0.2) is 24.5 Å². The lowest BCUT2D eigenvalue weighted by Gasteiger charge is -2.01. The molecule has 1 aromatic heterocycles. The van der Waals surface area contributed by atoms with Gasteiger partial charge < -0.3 is 10.1 Å². The normalized spacial score (nSPS) is 8.94. The molecule has 1 aromatic rings. The molecule has 18 heavy (non-hydrogen) atoms. The lowest BCUT2D eigenvalue weighted by atomic mass is 10.1. The Morgan fingerprint density at radius 3 is 2.78 bits per heavy atom. The molecule has 0 bridgehead atoms. The molecule has 0 radical (unpaired) electrons. The van der Waals surface area contributed by atoms with E-state index >= 15 is 0 Å². The number of carbonyl (C=O) groups is 2. The fourth-order valence-electron chi connectivity index (χ4n) is 1.21. The van der Waals surface area contributed by atoms with Crippen LogP contribution in [0.4, 0.5) is 0 Å². The van der Waals surface area contributed by atoms with Gasteiger partial charge in [0.2, 0.25) is 5.91 Å². The Labute approximate surface area is 106 Å². The SMILES string of the molecule is COC(=O)C#CCNC(=O)CCc1ccncc1. The molecular formula is C13H14N2O3. The molecule has 1 heterocycles. The molecular weight excluding hydrogens is 232 g/mol. The summed E-state index contributed by atoms with van der Waals surface area (Å²) in [5.74, 6) is 4.01. The van der Waals surface area contributed by atoms with Crippen molar-refractivity contribution in [1.29, 1.82) is 0 Å². The van der Waals surface area contributed by atoms with Gasteiger partial charge in [0, 0.05) is 24.7 Å². The summed E-state index contributed by atoms with van der Waals surface area (Å²) in [6.07, 6.45) is 4.41. The highest BCUT2D eigenvalue weighted by Gasteiger charge is 2.00. The summed E-state index contributed by atoms with van der Waals surface area (Å²) >= 11 is 0. The number of aromatic nitrogens is 1. The number of hydrogen-bond donors (Lipinski definition) is 1. The van der Waals surface area contributed by atoms with Crippen LogP contribution in [0.1, 0.15) is 12.0 Å². The molecule has 5 nitrogen and oxygen atoms in total. The molecule has 0 saturated heterocycles. The summed E-state index contributed by atoms with van der Waals surface area (Å²) < 4.78 is 4.33. The third-order valence-electron chi connectivity index (χ3n) is 2.14. The van der Waals surface area contributed by atoms with Crippen LogP contribution < -0.4 is 5.32 Å². The highest BCUT2D eigenvalue weighted by atomic mass is 16.5. The van der Waals surface area contributed by atoms with Gasteiger partial charge in [-0.1, -0.05) is 5.92 Å². The predicted molar refractivity (Wildman–Crippen MR) is 65.4 cm³/mol. The fraction of sp³-hybridized carbons (Fsp3) is 0.308. The largest absolute Gasteiger partial charge is 0.459 e. The van der Waals surface area contributed by atoms with Gasteiger partial charge in [-0.15, -0.1) is 0 Å². The van der Waals surface area contributed by atoms with E-state index in [1.54, 1.807) is 12.4 Å². The lowest BCUT2D eigenvalue weighted by molar-refractivity contribution is -0.133. The molecule has 1 amide bonds. The number of pyridine rings is 1. The van der Waals surface area contributed by atoms with Gasteiger partial charge in [0.1, 0.15) is 0 Å². The summed E-state index contributed by atoms with van der Waals surface area (Å²) in [6, 6.07) is 3.73. The van der Waals surface area contributed by atoms with Crippen molar-refractivity contribution in [2.75, 3.05) is 13.7 Å². The van der Waals surface area contributed by atoms with Crippen LogP contribution in [0.3, 0.4) is 0 Å². The number of carbonyl (C=O) groups excluding carboxylic acids is 2. The number of nitrogens with one attached hydrogen (secondary N) is 1. The maximum absolute atomic E-state index is 11.4. The van der Waals surface area contributed by atoms with Crippen molar-refractivity contribution in [3.8, 4) is 11.8 Å². The quantitative estimate of drug-likeness (QED) is 0.471. The Morgan fingerprint density at radius 2 is 2.11 bits per heavy atom. The number of rotatable bonds is 4. The third kappa shape index (κ3) is 5.66. The van der Waals surface area contributed by atoms with Crippen molar-refractivity contribution in [2.45, 2.75) is 12.8 Å². The first kappa shape index (κ1) is 13.7. The second-order valence-electron chi connectivity index (χ2n) is 3.43. The maximum Gasteiger partial charge on any atom is 0.384 e. The van der Waals surface area contributed by atoms with Gasteiger partial charge in [-0.2, -0.15) is 0 Å². The zero-order valence-electron chi connectivity index (χ0n) is 10.1. The van der Waals surface area contributed by atoms with Crippen molar-refractivity contribution in [2.24, 2.45) is 0 Å². The Hall–Kier alpha value is -2.35. The number of aryl methyl sites for hydroxylation is 1. The number of ether oxygens (including phenoxy) is 1. The van der Waals surface area contributed by atoms with E-state index in [-0.39, 0.29) is 12.5 Å². The highest BCUT2D eigenvalue weighted by Crippen LogP contribution is 2.00. The summed E-state index contributed by atoms with van der Waals surface area (Å²) in [6.45, 7) is 0.143. The van der Waals surface area contributed by atoms with Crippen LogP contribution >= 0.6 is 0 Å². The number of nitrogens with zero attached hydrogens (tertiary/aromatic N) is 1. The number of hydrogen-bond acceptors (Lipinski definition) is 4. The van der Waals surface area contributed by atoms with E-state index in [2.05, 4.69) is 26.9 Å². The molecule has 94 valence electrons. The number of esters is 1. The molecule has 0 aliphatic carbocycles. The molecule has 0 aliphatic rings. The van der Waals surface area contributed by atoms with Gasteiger partial charge in [0.25, 0.3) is 0 Å². The molecule has 5 heteroatoms. The summed E-state index contributed by atoms with van der Waals surface area (Å²) in [5.41, 5.74) is 1.06. The van der Waals surface area contributed by atoms with E-state index in [0.717, 1.165) is 5.56 Å². The Bertz CT molecular complexity index is 460. The minimum absolute atomic E-state index is 0.106. The smallest absolute Gasteiger partial charge is 0.384 e. The maximum atomic E-state index is 11.4. The van der Waals surface area contributed by atoms with Crippen LogP contribution in [0.2, 0.25) is 0 Å². The second kappa shape index (κ2) is 7.85. The molecule has 0 spiro atoms. The van der Waals surface area contributed by atoms with E-state index < -0.39 is 5.97 Å². The Kier molecular flexibility index (Phi) is 5.98. The fourth-order valence-corrected chi connectivity index (χ4v) is 1.21. The minimum atomic E-state index is -0.610. The van der Waals surface area contributed by atoms with Gasteiger partial charge in [-0.25, -0.2) is 4.79 Å². The van der Waals surface area contributed by atoms with Crippen molar-refractivity contribution in [3.63, 3.8) is 0 Å². The van der Waals surface area contributed by atoms with Crippen molar-refractivity contribution >= 4 is 11.9 Å². The van der Waals surface area contributed by atoms with E-state index in [4.69, 9.17) is 0 Å². The topological polar surface area (TPSA) is 68.3 Å². The van der Waals surface area contributed by atoms with E-state index in [1.165, 1.54) is 7.11 Å². The first-order valence-electron chi connectivity index (χ1n) is 5.45. The highest BCUT2D eigenvalue weighted by molar-refractivity contribution is 5.88. The van der Waals surface area contributed by atoms with Gasteiger partial charge in [0.15, 0.2) is 0 Å². The van der Waals surface area contributed by atoms with Crippen molar-refractivity contribution < 1.29 is 14.3 Å². The van der Waals surface area contributed by atoms with Gasteiger partial charge >= 0.3 is 5.97 Å². The predicted octanol–water partition coefficient (Wildman–Crippen LogP) is 0.307. The zero-order valence-corrected chi connectivity index (χ0v) is 10.1. The molecule has 0 unspecified atom stereocenters. The summed E-state index contributed by atoms with van der Waals surface area (Å²) in [7, 11) is 1.25. The van der Waals surface area contributed by atoms with Crippen LogP contribution in [0.5, 0.6) is 0 Å². The summed E-state index contributed by atoms with van der Waals surface area (Å²) in [5, 5.41) is 2.60. The molecule has 0 atom stereocenters. The average Bonchev–Trinajstić information content (AvgIpc) is 2.42. The van der Waals surface area contributed by atoms with Crippen LogP contribution in [0.25, 0.3) is 0 Å². The molecule has 0 aromatic carbocycles. The van der Waals surface area contributed by atoms with E-state index in [0.29, 0.717) is 12.8 Å². The van der Waals surface area contributed by atoms with Gasteiger partial charge in [0.05, 0.1) is 13.7 Å². The van der Waals surface area contributed by atoms with Crippen LogP contribution in [0, 0.1) is 11.8 Å². The van der Waals surface area contributed by atoms with Crippen LogP contribution in [-0.4, -0.2) is 30.5 Å². The summed E-state index contributed by atoms with van der Waals surface area (Å²) in [4.78, 5) is 26.0.